The number of nitrogens with one attached hydrogen (secondary N) is 1. The van der Waals surface area contributed by atoms with Crippen LogP contribution in [-0.4, -0.2) is 28.7 Å². The highest BCUT2D eigenvalue weighted by molar-refractivity contribution is 7.80. The highest BCUT2D eigenvalue weighted by Gasteiger charge is 2.06. The third kappa shape index (κ3) is 4.93. The number of rotatable bonds is 5. The molecular formula is C12H16N2O2S. The molecule has 5 heteroatoms. The van der Waals surface area contributed by atoms with E-state index in [1.807, 2.05) is 12.1 Å². The Bertz CT molecular complexity index is 401. The highest BCUT2D eigenvalue weighted by Crippen LogP contribution is 2.05. The van der Waals surface area contributed by atoms with Gasteiger partial charge in [-0.1, -0.05) is 24.4 Å². The molecule has 0 aliphatic carbocycles. The van der Waals surface area contributed by atoms with E-state index in [0.29, 0.717) is 17.0 Å². The van der Waals surface area contributed by atoms with Gasteiger partial charge in [-0.15, -0.1) is 0 Å². The van der Waals surface area contributed by atoms with Crippen LogP contribution in [0.4, 0.5) is 0 Å². The Morgan fingerprint density at radius 2 is 2.06 bits per heavy atom. The molecule has 0 aliphatic heterocycles. The molecule has 92 valence electrons. The van der Waals surface area contributed by atoms with E-state index in [1.165, 1.54) is 0 Å². The van der Waals surface area contributed by atoms with Gasteiger partial charge >= 0.3 is 0 Å². The zero-order valence-corrected chi connectivity index (χ0v) is 10.5. The Balaban J connectivity index is 2.60. The van der Waals surface area contributed by atoms with Gasteiger partial charge in [-0.2, -0.15) is 0 Å². The second kappa shape index (κ2) is 6.32. The maximum Gasteiger partial charge on any atom is 0.251 e. The molecule has 1 aromatic carbocycles. The lowest BCUT2D eigenvalue weighted by Gasteiger charge is -2.07. The zero-order valence-electron chi connectivity index (χ0n) is 9.64. The third-order valence-electron chi connectivity index (χ3n) is 2.15. The molecule has 0 aliphatic rings. The minimum absolute atomic E-state index is 0.201. The first kappa shape index (κ1) is 13.6. The van der Waals surface area contributed by atoms with Crippen LogP contribution in [0, 0.1) is 0 Å². The lowest BCUT2D eigenvalue weighted by molar-refractivity contribution is 0.0924. The maximum atomic E-state index is 11.6. The number of hydrogen-bond acceptors (Lipinski definition) is 3. The van der Waals surface area contributed by atoms with Gasteiger partial charge in [0.25, 0.3) is 5.91 Å². The Morgan fingerprint density at radius 3 is 2.53 bits per heavy atom. The number of carbonyl (C=O) groups is 1. The number of aliphatic hydroxyl groups is 1. The molecule has 0 saturated carbocycles. The van der Waals surface area contributed by atoms with Gasteiger partial charge in [0, 0.05) is 18.5 Å². The first-order valence-corrected chi connectivity index (χ1v) is 5.73. The van der Waals surface area contributed by atoms with Crippen LogP contribution in [-0.2, 0) is 6.42 Å². The Kier molecular flexibility index (Phi) is 5.06. The molecule has 1 atom stereocenters. The van der Waals surface area contributed by atoms with E-state index < -0.39 is 6.10 Å². The van der Waals surface area contributed by atoms with Crippen LogP contribution in [0.2, 0.25) is 0 Å². The molecule has 4 N–H and O–H groups in total. The van der Waals surface area contributed by atoms with Crippen LogP contribution < -0.4 is 11.1 Å². The molecule has 0 saturated heterocycles. The summed E-state index contributed by atoms with van der Waals surface area (Å²) in [5.41, 5.74) is 6.96. The van der Waals surface area contributed by atoms with Crippen molar-refractivity contribution in [2.75, 3.05) is 6.54 Å². The van der Waals surface area contributed by atoms with Crippen molar-refractivity contribution in [1.82, 2.24) is 5.32 Å². The average molecular weight is 252 g/mol. The van der Waals surface area contributed by atoms with Crippen LogP contribution in [0.1, 0.15) is 22.8 Å². The SMILES string of the molecule is CC(O)CNC(=O)c1ccc(CC(N)=S)cc1. The quantitative estimate of drug-likeness (QED) is 0.672. The van der Waals surface area contributed by atoms with Crippen molar-refractivity contribution >= 4 is 23.1 Å². The standard InChI is InChI=1S/C12H16N2O2S/c1-8(15)7-14-12(16)10-4-2-9(3-5-10)6-11(13)17/h2-5,8,15H,6-7H2,1H3,(H2,13,17)(H,14,16). The molecule has 0 spiro atoms. The van der Waals surface area contributed by atoms with Crippen LogP contribution in [0.25, 0.3) is 0 Å². The molecule has 17 heavy (non-hydrogen) atoms. The van der Waals surface area contributed by atoms with E-state index in [4.69, 9.17) is 23.1 Å². The third-order valence-corrected chi connectivity index (χ3v) is 2.30. The first-order valence-electron chi connectivity index (χ1n) is 5.32. The number of aliphatic hydroxyl groups excluding tert-OH is 1. The van der Waals surface area contributed by atoms with Crippen LogP contribution >= 0.6 is 12.2 Å². The summed E-state index contributed by atoms with van der Waals surface area (Å²) in [6, 6.07) is 7.06. The normalized spacial score (nSPS) is 11.9. The van der Waals surface area contributed by atoms with E-state index in [0.717, 1.165) is 5.56 Å². The van der Waals surface area contributed by atoms with Gasteiger partial charge in [0.1, 0.15) is 0 Å². The highest BCUT2D eigenvalue weighted by atomic mass is 32.1. The van der Waals surface area contributed by atoms with E-state index in [2.05, 4.69) is 5.32 Å². The Hall–Kier alpha value is -1.46. The number of amides is 1. The fourth-order valence-corrected chi connectivity index (χ4v) is 1.48. The van der Waals surface area contributed by atoms with Crippen LogP contribution in [0.15, 0.2) is 24.3 Å². The summed E-state index contributed by atoms with van der Waals surface area (Å²) < 4.78 is 0. The van der Waals surface area contributed by atoms with E-state index in [9.17, 15) is 4.79 Å². The van der Waals surface area contributed by atoms with Crippen molar-refractivity contribution in [3.05, 3.63) is 35.4 Å². The molecular weight excluding hydrogens is 236 g/mol. The minimum atomic E-state index is -0.548. The second-order valence-electron chi connectivity index (χ2n) is 3.90. The lowest BCUT2D eigenvalue weighted by atomic mass is 10.1. The molecule has 0 heterocycles. The number of carbonyl (C=O) groups excluding carboxylic acids is 1. The number of nitrogens with two attached hydrogens (primary N) is 1. The molecule has 0 aromatic heterocycles. The van der Waals surface area contributed by atoms with Crippen LogP contribution in [0.5, 0.6) is 0 Å². The summed E-state index contributed by atoms with van der Waals surface area (Å²) in [5.74, 6) is -0.201. The molecule has 1 amide bonds. The van der Waals surface area contributed by atoms with Gasteiger partial charge in [0.15, 0.2) is 0 Å². The Labute approximate surface area is 106 Å². The average Bonchev–Trinajstić information content (AvgIpc) is 2.26. The van der Waals surface area contributed by atoms with Crippen molar-refractivity contribution in [3.63, 3.8) is 0 Å². The molecule has 4 nitrogen and oxygen atoms in total. The molecule has 0 bridgehead atoms. The fourth-order valence-electron chi connectivity index (χ4n) is 1.32. The van der Waals surface area contributed by atoms with Crippen molar-refractivity contribution in [1.29, 1.82) is 0 Å². The topological polar surface area (TPSA) is 75.3 Å². The summed E-state index contributed by atoms with van der Waals surface area (Å²) in [5, 5.41) is 11.7. The first-order chi connectivity index (χ1) is 7.99. The molecule has 1 unspecified atom stereocenters. The molecule has 0 radical (unpaired) electrons. The summed E-state index contributed by atoms with van der Waals surface area (Å²) in [6.45, 7) is 1.86. The van der Waals surface area contributed by atoms with Gasteiger partial charge in [0.2, 0.25) is 0 Å². The minimum Gasteiger partial charge on any atom is -0.393 e. The molecule has 1 rings (SSSR count). The number of thiocarbonyl (C=S) groups is 1. The number of benzene rings is 1. The lowest BCUT2D eigenvalue weighted by Crippen LogP contribution is -2.30. The fraction of sp³-hybridized carbons (Fsp3) is 0.333. The smallest absolute Gasteiger partial charge is 0.251 e. The van der Waals surface area contributed by atoms with Gasteiger partial charge in [-0.3, -0.25) is 4.79 Å². The molecule has 1 aromatic rings. The number of hydrogen-bond donors (Lipinski definition) is 3. The summed E-state index contributed by atoms with van der Waals surface area (Å²) in [6.07, 6.45) is -0.0157. The van der Waals surface area contributed by atoms with Crippen LogP contribution in [0.3, 0.4) is 0 Å². The van der Waals surface area contributed by atoms with Crippen molar-refractivity contribution in [3.8, 4) is 0 Å². The monoisotopic (exact) mass is 252 g/mol. The van der Waals surface area contributed by atoms with Gasteiger partial charge < -0.3 is 16.2 Å². The van der Waals surface area contributed by atoms with Crippen molar-refractivity contribution in [2.45, 2.75) is 19.4 Å². The van der Waals surface area contributed by atoms with E-state index >= 15 is 0 Å². The van der Waals surface area contributed by atoms with Gasteiger partial charge in [-0.05, 0) is 24.6 Å². The van der Waals surface area contributed by atoms with E-state index in [1.54, 1.807) is 19.1 Å². The van der Waals surface area contributed by atoms with E-state index in [-0.39, 0.29) is 12.5 Å². The maximum absolute atomic E-state index is 11.6. The summed E-state index contributed by atoms with van der Waals surface area (Å²) >= 11 is 4.80. The predicted molar refractivity (Wildman–Crippen MR) is 70.9 cm³/mol. The molecule has 0 fully saturated rings. The largest absolute Gasteiger partial charge is 0.393 e. The zero-order chi connectivity index (χ0) is 12.8. The van der Waals surface area contributed by atoms with Crippen molar-refractivity contribution < 1.29 is 9.90 Å². The summed E-state index contributed by atoms with van der Waals surface area (Å²) in [7, 11) is 0. The summed E-state index contributed by atoms with van der Waals surface area (Å²) in [4.78, 5) is 12.0. The van der Waals surface area contributed by atoms with Gasteiger partial charge in [-0.25, -0.2) is 0 Å². The van der Waals surface area contributed by atoms with Crippen molar-refractivity contribution in [2.24, 2.45) is 5.73 Å². The van der Waals surface area contributed by atoms with Gasteiger partial charge in [0.05, 0.1) is 11.1 Å². The second-order valence-corrected chi connectivity index (χ2v) is 4.42. The Morgan fingerprint density at radius 1 is 1.47 bits per heavy atom. The predicted octanol–water partition coefficient (Wildman–Crippen LogP) is 0.626.